The number of halogens is 3. The molecule has 2 rings (SSSR count). The van der Waals surface area contributed by atoms with E-state index in [1.54, 1.807) is 24.3 Å². The van der Waals surface area contributed by atoms with Crippen molar-refractivity contribution in [3.63, 3.8) is 0 Å². The van der Waals surface area contributed by atoms with Gasteiger partial charge in [-0.1, -0.05) is 29.3 Å². The first kappa shape index (κ1) is 11.6. The van der Waals surface area contributed by atoms with Crippen molar-refractivity contribution in [2.75, 3.05) is 0 Å². The molecule has 82 valence electrons. The summed E-state index contributed by atoms with van der Waals surface area (Å²) in [6.07, 6.45) is 0. The first-order chi connectivity index (χ1) is 7.61. The summed E-state index contributed by atoms with van der Waals surface area (Å²) < 4.78 is 4.43. The third kappa shape index (κ3) is 2.14. The molecule has 0 aliphatic rings. The van der Waals surface area contributed by atoms with Gasteiger partial charge in [-0.05, 0) is 18.2 Å². The number of rotatable bonds is 1. The number of carbonyl (C=O) groups is 1. The average molecular weight is 321 g/mol. The molecule has 0 N–H and O–H groups in total. The van der Waals surface area contributed by atoms with E-state index in [4.69, 9.17) is 23.2 Å². The van der Waals surface area contributed by atoms with Crippen molar-refractivity contribution < 1.29 is 8.62 Å². The molecule has 0 unspecified atom stereocenters. The zero-order valence-corrected chi connectivity index (χ0v) is 10.8. The standard InChI is InChI=1S/C10H4BrCl2NO2/c11-16-10(15)5-1-2-6-7(12)4-9(13)14-8(6)3-5/h1-4H. The monoisotopic (exact) mass is 319 g/mol. The first-order valence-corrected chi connectivity index (χ1v) is 5.61. The third-order valence-corrected chi connectivity index (χ3v) is 2.83. The van der Waals surface area contributed by atoms with E-state index in [1.165, 1.54) is 0 Å². The van der Waals surface area contributed by atoms with Crippen LogP contribution in [0.1, 0.15) is 10.4 Å². The van der Waals surface area contributed by atoms with Crippen LogP contribution >= 0.6 is 39.5 Å². The number of pyridine rings is 1. The molecule has 2 aromatic rings. The maximum Gasteiger partial charge on any atom is 0.349 e. The maximum absolute atomic E-state index is 11.3. The summed E-state index contributed by atoms with van der Waals surface area (Å²) in [4.78, 5) is 15.3. The van der Waals surface area contributed by atoms with Gasteiger partial charge in [0, 0.05) is 5.39 Å². The van der Waals surface area contributed by atoms with Gasteiger partial charge in [0.05, 0.1) is 16.1 Å². The molecule has 0 radical (unpaired) electrons. The molecule has 0 fully saturated rings. The summed E-state index contributed by atoms with van der Waals surface area (Å²) in [5.74, 6) is -0.500. The Morgan fingerprint density at radius 2 is 2.06 bits per heavy atom. The molecular formula is C10H4BrCl2NO2. The summed E-state index contributed by atoms with van der Waals surface area (Å²) >= 11 is 14.4. The van der Waals surface area contributed by atoms with Gasteiger partial charge in [0.1, 0.15) is 5.15 Å². The third-order valence-electron chi connectivity index (χ3n) is 2.03. The molecule has 16 heavy (non-hydrogen) atoms. The SMILES string of the molecule is O=C(OBr)c1ccc2c(Cl)cc(Cl)nc2c1. The topological polar surface area (TPSA) is 39.2 Å². The maximum atomic E-state index is 11.3. The van der Waals surface area contributed by atoms with Gasteiger partial charge in [0.2, 0.25) is 0 Å². The molecule has 0 atom stereocenters. The summed E-state index contributed by atoms with van der Waals surface area (Å²) in [5, 5.41) is 1.51. The second-order valence-corrected chi connectivity index (χ2v) is 4.14. The van der Waals surface area contributed by atoms with Crippen LogP contribution < -0.4 is 0 Å². The molecule has 3 nitrogen and oxygen atoms in total. The molecule has 1 heterocycles. The number of hydrogen-bond acceptors (Lipinski definition) is 3. The molecule has 0 aliphatic heterocycles. The van der Waals surface area contributed by atoms with E-state index in [0.717, 1.165) is 5.39 Å². The minimum absolute atomic E-state index is 0.279. The van der Waals surface area contributed by atoms with E-state index in [1.807, 2.05) is 0 Å². The van der Waals surface area contributed by atoms with Crippen molar-refractivity contribution in [2.24, 2.45) is 0 Å². The van der Waals surface area contributed by atoms with E-state index in [0.29, 0.717) is 16.1 Å². The van der Waals surface area contributed by atoms with Gasteiger partial charge < -0.3 is 3.83 Å². The lowest BCUT2D eigenvalue weighted by molar-refractivity contribution is 0.0782. The van der Waals surface area contributed by atoms with Gasteiger partial charge in [-0.2, -0.15) is 0 Å². The Bertz CT molecular complexity index is 574. The average Bonchev–Trinajstić information content (AvgIpc) is 2.27. The number of fused-ring (bicyclic) bond motifs is 1. The molecule has 0 bridgehead atoms. The molecule has 0 amide bonds. The van der Waals surface area contributed by atoms with Crippen molar-refractivity contribution in [3.05, 3.63) is 40.0 Å². The zero-order valence-electron chi connectivity index (χ0n) is 7.71. The second-order valence-electron chi connectivity index (χ2n) is 3.02. The van der Waals surface area contributed by atoms with E-state index < -0.39 is 5.97 Å². The van der Waals surface area contributed by atoms with Gasteiger partial charge in [-0.25, -0.2) is 9.78 Å². The van der Waals surface area contributed by atoms with Crippen LogP contribution in [0.3, 0.4) is 0 Å². The number of benzene rings is 1. The van der Waals surface area contributed by atoms with Crippen LogP contribution in [0.25, 0.3) is 10.9 Å². The molecule has 0 spiro atoms. The van der Waals surface area contributed by atoms with Crippen LogP contribution in [0.4, 0.5) is 0 Å². The Labute approximate surface area is 110 Å². The van der Waals surface area contributed by atoms with Crippen LogP contribution in [-0.2, 0) is 3.83 Å². The Kier molecular flexibility index (Phi) is 3.33. The molecule has 0 saturated carbocycles. The lowest BCUT2D eigenvalue weighted by atomic mass is 10.1. The summed E-state index contributed by atoms with van der Waals surface area (Å²) in [5.41, 5.74) is 0.920. The van der Waals surface area contributed by atoms with Crippen molar-refractivity contribution in [2.45, 2.75) is 0 Å². The van der Waals surface area contributed by atoms with Gasteiger partial charge in [-0.3, -0.25) is 0 Å². The van der Waals surface area contributed by atoms with E-state index >= 15 is 0 Å². The molecule has 1 aromatic heterocycles. The lowest BCUT2D eigenvalue weighted by Gasteiger charge is -2.02. The zero-order chi connectivity index (χ0) is 11.7. The largest absolute Gasteiger partial charge is 0.380 e. The number of carbonyl (C=O) groups excluding carboxylic acids is 1. The van der Waals surface area contributed by atoms with Crippen LogP contribution in [0.5, 0.6) is 0 Å². The predicted octanol–water partition coefficient (Wildman–Crippen LogP) is 4.01. The normalized spacial score (nSPS) is 10.4. The predicted molar refractivity (Wildman–Crippen MR) is 66.1 cm³/mol. The van der Waals surface area contributed by atoms with Crippen molar-refractivity contribution in [1.29, 1.82) is 0 Å². The van der Waals surface area contributed by atoms with Gasteiger partial charge in [0.25, 0.3) is 0 Å². The Hall–Kier alpha value is -0.840. The van der Waals surface area contributed by atoms with E-state index in [2.05, 4.69) is 25.1 Å². The van der Waals surface area contributed by atoms with Gasteiger partial charge >= 0.3 is 5.97 Å². The minimum Gasteiger partial charge on any atom is -0.380 e. The minimum atomic E-state index is -0.500. The highest BCUT2D eigenvalue weighted by atomic mass is 79.9. The van der Waals surface area contributed by atoms with Crippen LogP contribution in [-0.4, -0.2) is 11.0 Å². The van der Waals surface area contributed by atoms with Crippen LogP contribution in [0.15, 0.2) is 24.3 Å². The first-order valence-electron chi connectivity index (χ1n) is 4.20. The molecule has 1 aromatic carbocycles. The fourth-order valence-electron chi connectivity index (χ4n) is 1.33. The lowest BCUT2D eigenvalue weighted by Crippen LogP contribution is -1.97. The number of aromatic nitrogens is 1. The highest BCUT2D eigenvalue weighted by Gasteiger charge is 2.09. The molecular weight excluding hydrogens is 317 g/mol. The Morgan fingerprint density at radius 3 is 2.75 bits per heavy atom. The quantitative estimate of drug-likeness (QED) is 0.745. The smallest absolute Gasteiger partial charge is 0.349 e. The fourth-order valence-corrected chi connectivity index (χ4v) is 2.03. The van der Waals surface area contributed by atoms with Crippen molar-refractivity contribution in [3.8, 4) is 0 Å². The van der Waals surface area contributed by atoms with E-state index in [-0.39, 0.29) is 5.15 Å². The van der Waals surface area contributed by atoms with Crippen LogP contribution in [0.2, 0.25) is 10.2 Å². The summed E-state index contributed by atoms with van der Waals surface area (Å²) in [7, 11) is 0. The molecule has 6 heteroatoms. The van der Waals surface area contributed by atoms with E-state index in [9.17, 15) is 4.79 Å². The highest BCUT2D eigenvalue weighted by Crippen LogP contribution is 2.26. The van der Waals surface area contributed by atoms with Gasteiger partial charge in [0.15, 0.2) is 16.3 Å². The highest BCUT2D eigenvalue weighted by molar-refractivity contribution is 9.06. The fraction of sp³-hybridized carbons (Fsp3) is 0. The van der Waals surface area contributed by atoms with Crippen molar-refractivity contribution in [1.82, 2.24) is 4.98 Å². The Balaban J connectivity index is 2.66. The second kappa shape index (κ2) is 4.57. The number of hydrogen-bond donors (Lipinski definition) is 0. The van der Waals surface area contributed by atoms with Crippen LogP contribution in [0, 0.1) is 0 Å². The molecule has 0 saturated heterocycles. The summed E-state index contributed by atoms with van der Waals surface area (Å²) in [6, 6.07) is 6.41. The Morgan fingerprint density at radius 1 is 1.31 bits per heavy atom. The molecule has 0 aliphatic carbocycles. The van der Waals surface area contributed by atoms with Crippen molar-refractivity contribution >= 4 is 56.3 Å². The van der Waals surface area contributed by atoms with Gasteiger partial charge in [-0.15, -0.1) is 0 Å². The summed E-state index contributed by atoms with van der Waals surface area (Å²) in [6.45, 7) is 0. The number of nitrogens with zero attached hydrogens (tertiary/aromatic N) is 1.